The zero-order valence-corrected chi connectivity index (χ0v) is 16.7. The highest BCUT2D eigenvalue weighted by Crippen LogP contribution is 2.30. The second-order valence-corrected chi connectivity index (χ2v) is 8.38. The number of amides is 1. The van der Waals surface area contributed by atoms with E-state index < -0.39 is 11.5 Å². The normalized spacial score (nSPS) is 26.2. The van der Waals surface area contributed by atoms with Crippen molar-refractivity contribution in [2.45, 2.75) is 69.8 Å². The Hall–Kier alpha value is -1.54. The summed E-state index contributed by atoms with van der Waals surface area (Å²) < 4.78 is 26.7. The first-order chi connectivity index (χ1) is 13.3. The number of β-amino-alcohol motifs (C(OH)–C–C–N with tert-alkyl or cyclic N) is 1. The Labute approximate surface area is 165 Å². The van der Waals surface area contributed by atoms with E-state index in [4.69, 9.17) is 0 Å². The molecule has 1 aromatic heterocycles. The Morgan fingerprint density at radius 2 is 1.96 bits per heavy atom. The van der Waals surface area contributed by atoms with Crippen LogP contribution in [0.1, 0.15) is 68.1 Å². The molecule has 1 atom stereocenters. The molecule has 2 saturated heterocycles. The number of halogens is 2. The third-order valence-corrected chi connectivity index (χ3v) is 5.96. The molecule has 8 heteroatoms. The van der Waals surface area contributed by atoms with E-state index in [9.17, 15) is 18.7 Å². The Balaban J connectivity index is 1.53. The molecule has 0 aliphatic carbocycles. The van der Waals surface area contributed by atoms with Gasteiger partial charge in [0, 0.05) is 51.3 Å². The standard InChI is InChI=1S/C20H32F2N4O2/c1-2-3-5-16-14-17(24-23-16)18(27)26-10-4-6-19(28,7-13-26)15-25-11-8-20(21,22)9-12-25/h14,28H,2-13,15H2,1H3,(H,23,24). The molecule has 28 heavy (non-hydrogen) atoms. The molecule has 2 aliphatic rings. The summed E-state index contributed by atoms with van der Waals surface area (Å²) in [6.45, 7) is 4.18. The van der Waals surface area contributed by atoms with Crippen molar-refractivity contribution < 1.29 is 18.7 Å². The quantitative estimate of drug-likeness (QED) is 0.773. The summed E-state index contributed by atoms with van der Waals surface area (Å²) in [5.41, 5.74) is 0.465. The number of hydrogen-bond acceptors (Lipinski definition) is 4. The molecule has 3 rings (SSSR count). The Kier molecular flexibility index (Phi) is 6.70. The lowest BCUT2D eigenvalue weighted by Crippen LogP contribution is -2.48. The summed E-state index contributed by atoms with van der Waals surface area (Å²) in [6.07, 6.45) is 4.45. The van der Waals surface area contributed by atoms with Gasteiger partial charge < -0.3 is 14.9 Å². The molecule has 158 valence electrons. The first-order valence-electron chi connectivity index (χ1n) is 10.5. The van der Waals surface area contributed by atoms with Crippen molar-refractivity contribution in [3.8, 4) is 0 Å². The number of aromatic amines is 1. The second kappa shape index (κ2) is 8.86. The third kappa shape index (κ3) is 5.50. The minimum atomic E-state index is -2.58. The van der Waals surface area contributed by atoms with Crippen molar-refractivity contribution in [2.75, 3.05) is 32.7 Å². The van der Waals surface area contributed by atoms with Crippen molar-refractivity contribution in [2.24, 2.45) is 0 Å². The molecule has 0 radical (unpaired) electrons. The van der Waals surface area contributed by atoms with Crippen LogP contribution in [-0.2, 0) is 6.42 Å². The molecule has 1 aromatic rings. The first-order valence-corrected chi connectivity index (χ1v) is 10.5. The number of aromatic nitrogens is 2. The van der Waals surface area contributed by atoms with Crippen LogP contribution >= 0.6 is 0 Å². The van der Waals surface area contributed by atoms with Gasteiger partial charge >= 0.3 is 0 Å². The molecule has 2 N–H and O–H groups in total. The highest BCUT2D eigenvalue weighted by Gasteiger charge is 2.38. The molecule has 2 fully saturated rings. The summed E-state index contributed by atoms with van der Waals surface area (Å²) in [7, 11) is 0. The highest BCUT2D eigenvalue weighted by molar-refractivity contribution is 5.92. The van der Waals surface area contributed by atoms with Crippen LogP contribution in [0.25, 0.3) is 0 Å². The monoisotopic (exact) mass is 398 g/mol. The predicted octanol–water partition coefficient (Wildman–Crippen LogP) is 2.84. The Morgan fingerprint density at radius 1 is 1.21 bits per heavy atom. The zero-order valence-electron chi connectivity index (χ0n) is 16.7. The van der Waals surface area contributed by atoms with Gasteiger partial charge in [-0.15, -0.1) is 0 Å². The predicted molar refractivity (Wildman–Crippen MR) is 103 cm³/mol. The van der Waals surface area contributed by atoms with E-state index >= 15 is 0 Å². The van der Waals surface area contributed by atoms with Crippen molar-refractivity contribution >= 4 is 5.91 Å². The highest BCUT2D eigenvalue weighted by atomic mass is 19.3. The maximum atomic E-state index is 13.3. The van der Waals surface area contributed by atoms with Gasteiger partial charge in [-0.2, -0.15) is 5.10 Å². The van der Waals surface area contributed by atoms with Crippen LogP contribution < -0.4 is 0 Å². The van der Waals surface area contributed by atoms with Crippen molar-refractivity contribution in [3.05, 3.63) is 17.5 Å². The number of likely N-dealkylation sites (tertiary alicyclic amines) is 2. The number of hydrogen-bond donors (Lipinski definition) is 2. The van der Waals surface area contributed by atoms with E-state index in [1.54, 1.807) is 4.90 Å². The molecule has 1 unspecified atom stereocenters. The second-order valence-electron chi connectivity index (χ2n) is 8.38. The number of aliphatic hydroxyl groups is 1. The zero-order chi connectivity index (χ0) is 20.2. The maximum absolute atomic E-state index is 13.3. The number of rotatable bonds is 6. The van der Waals surface area contributed by atoms with Crippen molar-refractivity contribution in [1.29, 1.82) is 0 Å². The van der Waals surface area contributed by atoms with Crippen LogP contribution in [0.5, 0.6) is 0 Å². The van der Waals surface area contributed by atoms with E-state index in [2.05, 4.69) is 17.1 Å². The number of nitrogens with zero attached hydrogens (tertiary/aromatic N) is 3. The number of alkyl halides is 2. The van der Waals surface area contributed by atoms with Gasteiger partial charge in [0.15, 0.2) is 0 Å². The average Bonchev–Trinajstić information content (AvgIpc) is 3.04. The third-order valence-electron chi connectivity index (χ3n) is 5.96. The van der Waals surface area contributed by atoms with Gasteiger partial charge in [0.05, 0.1) is 5.60 Å². The summed E-state index contributed by atoms with van der Waals surface area (Å²) in [5.74, 6) is -2.69. The number of H-pyrrole nitrogens is 1. The molecule has 0 bridgehead atoms. The number of nitrogens with one attached hydrogen (secondary N) is 1. The minimum absolute atomic E-state index is 0.110. The SMILES string of the molecule is CCCCc1cc(C(=O)N2CCCC(O)(CN3CCC(F)(F)CC3)CC2)n[nH]1. The molecular formula is C20H32F2N4O2. The van der Waals surface area contributed by atoms with Gasteiger partial charge in [-0.1, -0.05) is 13.3 Å². The number of piperidine rings is 1. The fourth-order valence-electron chi connectivity index (χ4n) is 4.12. The van der Waals surface area contributed by atoms with E-state index in [0.717, 1.165) is 25.0 Å². The summed E-state index contributed by atoms with van der Waals surface area (Å²) in [4.78, 5) is 16.5. The van der Waals surface area contributed by atoms with Crippen LogP contribution in [0.4, 0.5) is 8.78 Å². The number of carbonyl (C=O) groups excluding carboxylic acids is 1. The van der Waals surface area contributed by atoms with Crippen LogP contribution in [-0.4, -0.2) is 75.3 Å². The molecule has 0 saturated carbocycles. The molecule has 3 heterocycles. The molecule has 6 nitrogen and oxygen atoms in total. The van der Waals surface area contributed by atoms with Gasteiger partial charge in [0.1, 0.15) is 5.69 Å². The maximum Gasteiger partial charge on any atom is 0.274 e. The Morgan fingerprint density at radius 3 is 2.68 bits per heavy atom. The molecular weight excluding hydrogens is 366 g/mol. The molecule has 0 spiro atoms. The largest absolute Gasteiger partial charge is 0.388 e. The number of unbranched alkanes of at least 4 members (excludes halogenated alkanes) is 1. The van der Waals surface area contributed by atoms with Crippen LogP contribution in [0.2, 0.25) is 0 Å². The van der Waals surface area contributed by atoms with Crippen LogP contribution in [0.15, 0.2) is 6.07 Å². The number of aryl methyl sites for hydroxylation is 1. The smallest absolute Gasteiger partial charge is 0.274 e. The van der Waals surface area contributed by atoms with Crippen LogP contribution in [0.3, 0.4) is 0 Å². The summed E-state index contributed by atoms with van der Waals surface area (Å²) >= 11 is 0. The first kappa shape index (κ1) is 21.2. The van der Waals surface area contributed by atoms with E-state index in [1.807, 2.05) is 11.0 Å². The minimum Gasteiger partial charge on any atom is -0.388 e. The van der Waals surface area contributed by atoms with Gasteiger partial charge in [0.2, 0.25) is 0 Å². The lowest BCUT2D eigenvalue weighted by molar-refractivity contribution is -0.0768. The fraction of sp³-hybridized carbons (Fsp3) is 0.800. The van der Waals surface area contributed by atoms with Crippen LogP contribution in [0, 0.1) is 0 Å². The lowest BCUT2D eigenvalue weighted by atomic mass is 9.93. The van der Waals surface area contributed by atoms with Gasteiger partial charge in [-0.3, -0.25) is 9.89 Å². The summed E-state index contributed by atoms with van der Waals surface area (Å²) in [5, 5.41) is 18.1. The van der Waals surface area contributed by atoms with Gasteiger partial charge in [0.25, 0.3) is 11.8 Å². The van der Waals surface area contributed by atoms with Crippen molar-refractivity contribution in [1.82, 2.24) is 20.0 Å². The van der Waals surface area contributed by atoms with Gasteiger partial charge in [-0.05, 0) is 38.2 Å². The average molecular weight is 398 g/mol. The van der Waals surface area contributed by atoms with Crippen molar-refractivity contribution in [3.63, 3.8) is 0 Å². The lowest BCUT2D eigenvalue weighted by Gasteiger charge is -2.37. The molecule has 1 amide bonds. The Bertz CT molecular complexity index is 656. The van der Waals surface area contributed by atoms with E-state index in [1.165, 1.54) is 0 Å². The molecule has 0 aromatic carbocycles. The number of carbonyl (C=O) groups is 1. The fourth-order valence-corrected chi connectivity index (χ4v) is 4.12. The topological polar surface area (TPSA) is 72.5 Å². The van der Waals surface area contributed by atoms with E-state index in [-0.39, 0.29) is 18.7 Å². The molecule has 2 aliphatic heterocycles. The van der Waals surface area contributed by atoms with Gasteiger partial charge in [-0.25, -0.2) is 8.78 Å². The summed E-state index contributed by atoms with van der Waals surface area (Å²) in [6, 6.07) is 1.82. The van der Waals surface area contributed by atoms with E-state index in [0.29, 0.717) is 57.7 Å².